The van der Waals surface area contributed by atoms with Gasteiger partial charge >= 0.3 is 0 Å². The number of hydrogen-bond acceptors (Lipinski definition) is 1. The molecule has 118 valence electrons. The van der Waals surface area contributed by atoms with Gasteiger partial charge in [-0.2, -0.15) is 11.1 Å². The van der Waals surface area contributed by atoms with Crippen LogP contribution in [0.15, 0.2) is 73.3 Å². The molecule has 0 fully saturated rings. The summed E-state index contributed by atoms with van der Waals surface area (Å²) in [5.74, 6) is 0. The summed E-state index contributed by atoms with van der Waals surface area (Å²) in [4.78, 5) is 0. The first-order valence-electron chi connectivity index (χ1n) is 7.39. The molecule has 22 heavy (non-hydrogen) atoms. The summed E-state index contributed by atoms with van der Waals surface area (Å²) in [6.45, 7) is 10.0. The molecule has 2 rings (SSSR count). The fourth-order valence-corrected chi connectivity index (χ4v) is 6.49. The van der Waals surface area contributed by atoms with Crippen molar-refractivity contribution in [3.63, 3.8) is 0 Å². The minimum Gasteiger partial charge on any atom is -0.392 e. The summed E-state index contributed by atoms with van der Waals surface area (Å²) < 4.78 is 0. The van der Waals surface area contributed by atoms with Gasteiger partial charge in [0.2, 0.25) is 7.38 Å². The van der Waals surface area contributed by atoms with Crippen molar-refractivity contribution in [1.29, 1.82) is 0 Å². The van der Waals surface area contributed by atoms with E-state index in [-0.39, 0.29) is 11.6 Å². The summed E-state index contributed by atoms with van der Waals surface area (Å²) in [6.07, 6.45) is 1.43. The summed E-state index contributed by atoms with van der Waals surface area (Å²) in [6, 6.07) is 21.1. The monoisotopic (exact) mass is 332 g/mol. The van der Waals surface area contributed by atoms with Crippen LogP contribution in [0.5, 0.6) is 0 Å². The molecule has 0 aromatic heterocycles. The van der Waals surface area contributed by atoms with Crippen LogP contribution in [0.2, 0.25) is 5.04 Å². The van der Waals surface area contributed by atoms with Gasteiger partial charge in [0, 0.05) is 0 Å². The Morgan fingerprint density at radius 1 is 0.955 bits per heavy atom. The summed E-state index contributed by atoms with van der Waals surface area (Å²) in [5, 5.41) is 10.4. The van der Waals surface area contributed by atoms with Crippen LogP contribution in [0.3, 0.4) is 0 Å². The fraction of sp³-hybridized carbons (Fsp3) is 0.263. The number of rotatable bonds is 3. The van der Waals surface area contributed by atoms with Gasteiger partial charge in [-0.15, -0.1) is 6.58 Å². The predicted molar refractivity (Wildman–Crippen MR) is 101 cm³/mol. The van der Waals surface area contributed by atoms with Gasteiger partial charge < -0.3 is 5.11 Å². The number of hydrogen-bond donors (Lipinski definition) is 1. The molecule has 3 heteroatoms. The molecule has 0 radical (unpaired) electrons. The third kappa shape index (κ3) is 4.32. The Bertz CT molecular complexity index is 521. The van der Waals surface area contributed by atoms with Crippen molar-refractivity contribution in [2.75, 3.05) is 6.61 Å². The van der Waals surface area contributed by atoms with Gasteiger partial charge in [-0.1, -0.05) is 87.5 Å². The smallest absolute Gasteiger partial charge is 0.222 e. The Kier molecular flexibility index (Phi) is 7.07. The van der Waals surface area contributed by atoms with Gasteiger partial charge in [-0.3, -0.25) is 0 Å². The molecule has 0 saturated carbocycles. The van der Waals surface area contributed by atoms with Crippen LogP contribution < -0.4 is 10.4 Å². The van der Waals surface area contributed by atoms with Crippen LogP contribution in [0.4, 0.5) is 0 Å². The van der Waals surface area contributed by atoms with E-state index in [4.69, 9.17) is 16.2 Å². The second-order valence-corrected chi connectivity index (χ2v) is 11.8. The highest BCUT2D eigenvalue weighted by atomic mass is 35.6. The molecular weight excluding hydrogens is 308 g/mol. The molecule has 0 aliphatic rings. The van der Waals surface area contributed by atoms with Crippen molar-refractivity contribution in [3.05, 3.63) is 73.3 Å². The number of aliphatic hydroxyl groups excluding tert-OH is 1. The molecule has 1 N–H and O–H groups in total. The van der Waals surface area contributed by atoms with Gasteiger partial charge in [0.05, 0.1) is 6.61 Å². The van der Waals surface area contributed by atoms with Gasteiger partial charge in [0.1, 0.15) is 0 Å². The van der Waals surface area contributed by atoms with E-state index < -0.39 is 7.38 Å². The molecule has 0 aliphatic carbocycles. The van der Waals surface area contributed by atoms with E-state index in [0.717, 1.165) is 0 Å². The van der Waals surface area contributed by atoms with Gasteiger partial charge in [0.15, 0.2) is 0 Å². The number of benzene rings is 2. The maximum absolute atomic E-state index is 7.76. The van der Waals surface area contributed by atoms with Crippen LogP contribution in [-0.4, -0.2) is 19.1 Å². The topological polar surface area (TPSA) is 20.2 Å². The van der Waals surface area contributed by atoms with E-state index in [2.05, 4.69) is 75.9 Å². The normalized spacial score (nSPS) is 11.3. The zero-order valence-electron chi connectivity index (χ0n) is 13.6. The van der Waals surface area contributed by atoms with Crippen LogP contribution in [0.25, 0.3) is 0 Å². The van der Waals surface area contributed by atoms with Crippen molar-refractivity contribution in [3.8, 4) is 0 Å². The van der Waals surface area contributed by atoms with Gasteiger partial charge in [-0.25, -0.2) is 0 Å². The molecule has 1 nitrogen and oxygen atoms in total. The number of aliphatic hydroxyl groups is 1. The van der Waals surface area contributed by atoms with Crippen molar-refractivity contribution < 1.29 is 5.11 Å². The second-order valence-electron chi connectivity index (χ2n) is 6.11. The Hall–Kier alpha value is -1.35. The SMILES string of the molecule is C=CCO.CC(C)(C)[Si](Cl)(c1ccccc1)c1ccccc1. The molecule has 0 aliphatic heterocycles. The standard InChI is InChI=1S/C16H19ClSi.C3H6O/c1-16(2,3)18(17,14-10-6-4-7-11-14)15-12-8-5-9-13-15;1-2-3-4/h4-13H,1-3H3;2,4H,1,3H2. The van der Waals surface area contributed by atoms with Gasteiger partial charge in [0.25, 0.3) is 0 Å². The van der Waals surface area contributed by atoms with Crippen molar-refractivity contribution in [2.24, 2.45) is 0 Å². The molecule has 0 spiro atoms. The Morgan fingerprint density at radius 2 is 1.27 bits per heavy atom. The van der Waals surface area contributed by atoms with E-state index >= 15 is 0 Å². The molecule has 0 bridgehead atoms. The van der Waals surface area contributed by atoms with E-state index in [1.54, 1.807) is 0 Å². The minimum absolute atomic E-state index is 0.0667. The fourth-order valence-electron chi connectivity index (χ4n) is 2.37. The zero-order valence-corrected chi connectivity index (χ0v) is 15.3. The van der Waals surface area contributed by atoms with Crippen LogP contribution in [-0.2, 0) is 0 Å². The quantitative estimate of drug-likeness (QED) is 0.512. The maximum Gasteiger partial charge on any atom is 0.222 e. The first kappa shape index (κ1) is 18.7. The van der Waals surface area contributed by atoms with E-state index in [9.17, 15) is 0 Å². The van der Waals surface area contributed by atoms with Crippen molar-refractivity contribution in [2.45, 2.75) is 25.8 Å². The third-order valence-corrected chi connectivity index (χ3v) is 10.8. The lowest BCUT2D eigenvalue weighted by atomic mass is 10.2. The second kappa shape index (κ2) is 8.32. The molecule has 0 saturated heterocycles. The minimum atomic E-state index is -2.23. The predicted octanol–water partition coefficient (Wildman–Crippen LogP) is 3.95. The Labute approximate surface area is 140 Å². The average molecular weight is 333 g/mol. The van der Waals surface area contributed by atoms with Crippen LogP contribution in [0.1, 0.15) is 20.8 Å². The highest BCUT2D eigenvalue weighted by Crippen LogP contribution is 2.38. The lowest BCUT2D eigenvalue weighted by Crippen LogP contribution is -2.59. The molecule has 2 aromatic rings. The summed E-state index contributed by atoms with van der Waals surface area (Å²) in [5.41, 5.74) is 0. The van der Waals surface area contributed by atoms with E-state index in [0.29, 0.717) is 0 Å². The molecule has 0 amide bonds. The zero-order chi connectivity index (χ0) is 16.6. The molecular formula is C19H25ClOSi. The Morgan fingerprint density at radius 3 is 1.50 bits per heavy atom. The number of halogens is 1. The lowest BCUT2D eigenvalue weighted by molar-refractivity contribution is 0.343. The highest BCUT2D eigenvalue weighted by Gasteiger charge is 2.46. The molecule has 2 aromatic carbocycles. The summed E-state index contributed by atoms with van der Waals surface area (Å²) >= 11 is 7.21. The first-order chi connectivity index (χ1) is 10.4. The van der Waals surface area contributed by atoms with E-state index in [1.807, 2.05) is 12.1 Å². The summed E-state index contributed by atoms with van der Waals surface area (Å²) in [7, 11) is -2.23. The highest BCUT2D eigenvalue weighted by molar-refractivity contribution is 7.35. The average Bonchev–Trinajstić information content (AvgIpc) is 2.55. The maximum atomic E-state index is 7.76. The van der Waals surface area contributed by atoms with Crippen LogP contribution >= 0.6 is 11.1 Å². The molecule has 0 heterocycles. The molecule has 0 atom stereocenters. The molecule has 0 unspecified atom stereocenters. The largest absolute Gasteiger partial charge is 0.392 e. The van der Waals surface area contributed by atoms with E-state index in [1.165, 1.54) is 16.4 Å². The van der Waals surface area contributed by atoms with Gasteiger partial charge in [-0.05, 0) is 15.4 Å². The van der Waals surface area contributed by atoms with Crippen molar-refractivity contribution in [1.82, 2.24) is 0 Å². The first-order valence-corrected chi connectivity index (χ1v) is 10.4. The van der Waals surface area contributed by atoms with Crippen LogP contribution in [0, 0.1) is 0 Å². The third-order valence-electron chi connectivity index (χ3n) is 3.51. The lowest BCUT2D eigenvalue weighted by Gasteiger charge is -2.38. The Balaban J connectivity index is 0.000000541. The van der Waals surface area contributed by atoms with Crippen molar-refractivity contribution >= 4 is 28.8 Å².